The maximum Gasteiger partial charge on any atom is 0.194 e. The Morgan fingerprint density at radius 3 is 2.50 bits per heavy atom. The van der Waals surface area contributed by atoms with Crippen molar-refractivity contribution in [3.8, 4) is 0 Å². The van der Waals surface area contributed by atoms with Crippen LogP contribution in [0, 0.1) is 17.5 Å². The van der Waals surface area contributed by atoms with Gasteiger partial charge in [0.2, 0.25) is 0 Å². The van der Waals surface area contributed by atoms with E-state index in [1.54, 1.807) is 0 Å². The van der Waals surface area contributed by atoms with Crippen LogP contribution in [-0.2, 0) is 11.3 Å². The lowest BCUT2D eigenvalue weighted by molar-refractivity contribution is 0.0277. The zero-order chi connectivity index (χ0) is 13.2. The minimum Gasteiger partial charge on any atom is -0.380 e. The fourth-order valence-electron chi connectivity index (χ4n) is 2.10. The van der Waals surface area contributed by atoms with E-state index in [2.05, 4.69) is 5.32 Å². The monoisotopic (exact) mass is 259 g/mol. The molecule has 0 radical (unpaired) electrons. The van der Waals surface area contributed by atoms with Gasteiger partial charge >= 0.3 is 0 Å². The molecule has 0 spiro atoms. The molecule has 2 nitrogen and oxygen atoms in total. The number of hydrogen-bond donors (Lipinski definition) is 1. The highest BCUT2D eigenvalue weighted by molar-refractivity contribution is 5.19. The topological polar surface area (TPSA) is 21.3 Å². The van der Waals surface area contributed by atoms with Crippen LogP contribution in [0.3, 0.4) is 0 Å². The van der Waals surface area contributed by atoms with Crippen molar-refractivity contribution in [2.24, 2.45) is 0 Å². The maximum absolute atomic E-state index is 13.0. The van der Waals surface area contributed by atoms with Gasteiger partial charge in [-0.25, -0.2) is 13.2 Å². The van der Waals surface area contributed by atoms with E-state index < -0.39 is 17.5 Å². The zero-order valence-electron chi connectivity index (χ0n) is 10.2. The fraction of sp³-hybridized carbons (Fsp3) is 0.538. The molecular weight excluding hydrogens is 243 g/mol. The molecule has 0 aliphatic carbocycles. The molecule has 1 aromatic rings. The lowest BCUT2D eigenvalue weighted by atomic mass is 9.94. The highest BCUT2D eigenvalue weighted by Crippen LogP contribution is 2.20. The Bertz CT molecular complexity index is 407. The Hall–Kier alpha value is -1.07. The van der Waals surface area contributed by atoms with Crippen LogP contribution in [0.15, 0.2) is 12.1 Å². The van der Waals surface area contributed by atoms with Crippen molar-refractivity contribution in [1.29, 1.82) is 0 Å². The molecule has 1 fully saturated rings. The molecule has 1 unspecified atom stereocenters. The minimum absolute atomic E-state index is 0.195. The van der Waals surface area contributed by atoms with E-state index in [-0.39, 0.29) is 12.1 Å². The van der Waals surface area contributed by atoms with Gasteiger partial charge in [0.1, 0.15) is 0 Å². The van der Waals surface area contributed by atoms with E-state index in [4.69, 9.17) is 4.74 Å². The molecule has 1 atom stereocenters. The summed E-state index contributed by atoms with van der Waals surface area (Å²) >= 11 is 0. The molecule has 1 aliphatic rings. The summed E-state index contributed by atoms with van der Waals surface area (Å²) in [4.78, 5) is 0. The molecule has 1 saturated heterocycles. The van der Waals surface area contributed by atoms with Crippen molar-refractivity contribution in [2.45, 2.75) is 31.8 Å². The first-order valence-electron chi connectivity index (χ1n) is 5.96. The van der Waals surface area contributed by atoms with Crippen molar-refractivity contribution in [3.05, 3.63) is 35.1 Å². The Kier molecular flexibility index (Phi) is 3.92. The van der Waals surface area contributed by atoms with Gasteiger partial charge in [-0.05, 0) is 37.5 Å². The van der Waals surface area contributed by atoms with Crippen LogP contribution < -0.4 is 5.32 Å². The first-order chi connectivity index (χ1) is 8.50. The molecular formula is C13H16F3NO. The number of benzene rings is 1. The summed E-state index contributed by atoms with van der Waals surface area (Å²) in [5.41, 5.74) is 0.192. The molecule has 100 valence electrons. The number of halogens is 3. The number of ether oxygens (including phenoxy) is 1. The van der Waals surface area contributed by atoms with Crippen molar-refractivity contribution in [2.75, 3.05) is 13.2 Å². The van der Waals surface area contributed by atoms with E-state index in [9.17, 15) is 13.2 Å². The van der Waals surface area contributed by atoms with Gasteiger partial charge in [-0.3, -0.25) is 0 Å². The van der Waals surface area contributed by atoms with Crippen LogP contribution in [0.5, 0.6) is 0 Å². The standard InChI is InChI=1S/C13H16F3NO/c1-13(3-2-4-18-8-13)17-7-9-5-10(14)12(16)11(15)6-9/h5-6,17H,2-4,7-8H2,1H3. The van der Waals surface area contributed by atoms with Gasteiger partial charge < -0.3 is 10.1 Å². The quantitative estimate of drug-likeness (QED) is 0.843. The van der Waals surface area contributed by atoms with Crippen LogP contribution in [0.1, 0.15) is 25.3 Å². The van der Waals surface area contributed by atoms with Crippen LogP contribution >= 0.6 is 0 Å². The van der Waals surface area contributed by atoms with E-state index >= 15 is 0 Å². The Morgan fingerprint density at radius 1 is 1.28 bits per heavy atom. The van der Waals surface area contributed by atoms with E-state index in [1.165, 1.54) is 0 Å². The van der Waals surface area contributed by atoms with E-state index in [0.717, 1.165) is 31.6 Å². The first kappa shape index (κ1) is 13.4. The summed E-state index contributed by atoms with van der Waals surface area (Å²) in [6.07, 6.45) is 1.90. The number of rotatable bonds is 3. The van der Waals surface area contributed by atoms with Gasteiger partial charge in [0.15, 0.2) is 17.5 Å². The Labute approximate surface area is 104 Å². The smallest absolute Gasteiger partial charge is 0.194 e. The molecule has 1 heterocycles. The molecule has 0 saturated carbocycles. The third-order valence-electron chi connectivity index (χ3n) is 3.20. The Balaban J connectivity index is 2.01. The lowest BCUT2D eigenvalue weighted by Crippen LogP contribution is -2.48. The maximum atomic E-state index is 13.0. The third kappa shape index (κ3) is 3.03. The predicted octanol–water partition coefficient (Wildman–Crippen LogP) is 2.76. The van der Waals surface area contributed by atoms with E-state index in [0.29, 0.717) is 12.2 Å². The van der Waals surface area contributed by atoms with Crippen molar-refractivity contribution in [3.63, 3.8) is 0 Å². The molecule has 2 rings (SSSR count). The molecule has 5 heteroatoms. The van der Waals surface area contributed by atoms with Crippen molar-refractivity contribution < 1.29 is 17.9 Å². The van der Waals surface area contributed by atoms with Gasteiger partial charge in [-0.1, -0.05) is 0 Å². The SMILES string of the molecule is CC1(NCc2cc(F)c(F)c(F)c2)CCCOC1. The number of hydrogen-bond acceptors (Lipinski definition) is 2. The Morgan fingerprint density at radius 2 is 1.94 bits per heavy atom. The summed E-state index contributed by atoms with van der Waals surface area (Å²) in [5.74, 6) is -3.74. The summed E-state index contributed by atoms with van der Waals surface area (Å²) < 4.78 is 44.2. The van der Waals surface area contributed by atoms with Crippen LogP contribution in [-0.4, -0.2) is 18.8 Å². The molecule has 0 aromatic heterocycles. The molecule has 0 amide bonds. The van der Waals surface area contributed by atoms with Gasteiger partial charge in [-0.2, -0.15) is 0 Å². The van der Waals surface area contributed by atoms with Gasteiger partial charge in [-0.15, -0.1) is 0 Å². The minimum atomic E-state index is -1.43. The van der Waals surface area contributed by atoms with Crippen LogP contribution in [0.25, 0.3) is 0 Å². The van der Waals surface area contributed by atoms with Gasteiger partial charge in [0.05, 0.1) is 6.61 Å². The third-order valence-corrected chi connectivity index (χ3v) is 3.20. The average Bonchev–Trinajstić information content (AvgIpc) is 2.34. The second kappa shape index (κ2) is 5.28. The highest BCUT2D eigenvalue weighted by atomic mass is 19.2. The van der Waals surface area contributed by atoms with Crippen molar-refractivity contribution >= 4 is 0 Å². The summed E-state index contributed by atoms with van der Waals surface area (Å²) in [7, 11) is 0. The highest BCUT2D eigenvalue weighted by Gasteiger charge is 2.26. The second-order valence-electron chi connectivity index (χ2n) is 4.94. The normalized spacial score (nSPS) is 24.2. The second-order valence-corrected chi connectivity index (χ2v) is 4.94. The molecule has 0 bridgehead atoms. The largest absolute Gasteiger partial charge is 0.380 e. The first-order valence-corrected chi connectivity index (χ1v) is 5.96. The van der Waals surface area contributed by atoms with Crippen LogP contribution in [0.4, 0.5) is 13.2 Å². The van der Waals surface area contributed by atoms with E-state index in [1.807, 2.05) is 6.92 Å². The predicted molar refractivity (Wildman–Crippen MR) is 61.6 cm³/mol. The summed E-state index contributed by atoms with van der Waals surface area (Å²) in [6.45, 7) is 3.60. The summed E-state index contributed by atoms with van der Waals surface area (Å²) in [5, 5.41) is 3.21. The zero-order valence-corrected chi connectivity index (χ0v) is 10.2. The molecule has 18 heavy (non-hydrogen) atoms. The van der Waals surface area contributed by atoms with Crippen LogP contribution in [0.2, 0.25) is 0 Å². The number of nitrogens with one attached hydrogen (secondary N) is 1. The van der Waals surface area contributed by atoms with Gasteiger partial charge in [0, 0.05) is 18.7 Å². The molecule has 1 aliphatic heterocycles. The van der Waals surface area contributed by atoms with Gasteiger partial charge in [0.25, 0.3) is 0 Å². The molecule has 1 N–H and O–H groups in total. The lowest BCUT2D eigenvalue weighted by Gasteiger charge is -2.34. The summed E-state index contributed by atoms with van der Waals surface area (Å²) in [6, 6.07) is 2.02. The fourth-order valence-corrected chi connectivity index (χ4v) is 2.10. The average molecular weight is 259 g/mol. The van der Waals surface area contributed by atoms with Crippen molar-refractivity contribution in [1.82, 2.24) is 5.32 Å². The molecule has 1 aromatic carbocycles.